The van der Waals surface area contributed by atoms with Gasteiger partial charge in [-0.2, -0.15) is 0 Å². The van der Waals surface area contributed by atoms with Gasteiger partial charge in [0.15, 0.2) is 0 Å². The van der Waals surface area contributed by atoms with Gasteiger partial charge in [-0.15, -0.1) is 0 Å². The lowest BCUT2D eigenvalue weighted by Crippen LogP contribution is -1.77. The highest BCUT2D eigenvalue weighted by molar-refractivity contribution is 5.56. The summed E-state index contributed by atoms with van der Waals surface area (Å²) in [6.45, 7) is 0. The second-order valence-electron chi connectivity index (χ2n) is 2.27. The van der Waals surface area contributed by atoms with E-state index in [2.05, 4.69) is 4.98 Å². The van der Waals surface area contributed by atoms with Crippen molar-refractivity contribution in [3.05, 3.63) is 24.3 Å². The van der Waals surface area contributed by atoms with Gasteiger partial charge < -0.3 is 9.36 Å². The van der Waals surface area contributed by atoms with Crippen molar-refractivity contribution in [3.63, 3.8) is 0 Å². The molecule has 0 bridgehead atoms. The molecule has 1 heterocycles. The Balaban J connectivity index is 2.56. The largest absolute Gasteiger partial charge is 0.340 e. The van der Waals surface area contributed by atoms with Crippen LogP contribution in [0.2, 0.25) is 0 Å². The molecule has 11 heavy (non-hydrogen) atoms. The average molecular weight is 150 g/mol. The van der Waals surface area contributed by atoms with Crippen molar-refractivity contribution in [2.45, 2.75) is 6.42 Å². The Bertz CT molecular complexity index is 263. The third kappa shape index (κ3) is 2.37. The molecule has 0 aliphatic heterocycles. The van der Waals surface area contributed by atoms with Gasteiger partial charge in [-0.3, -0.25) is 0 Å². The molecule has 0 saturated heterocycles. The number of allylic oxidation sites excluding steroid dienone is 1. The fourth-order valence-electron chi connectivity index (χ4n) is 0.763. The number of rotatable bonds is 3. The molecule has 0 amide bonds. The Morgan fingerprint density at radius 2 is 2.55 bits per heavy atom. The minimum Gasteiger partial charge on any atom is -0.340 e. The smallest absolute Gasteiger partial charge is 0.123 e. The van der Waals surface area contributed by atoms with Crippen LogP contribution in [0.5, 0.6) is 0 Å². The first-order chi connectivity index (χ1) is 5.33. The van der Waals surface area contributed by atoms with E-state index in [9.17, 15) is 4.79 Å². The summed E-state index contributed by atoms with van der Waals surface area (Å²) in [6.07, 6.45) is 8.54. The maximum absolute atomic E-state index is 9.92. The van der Waals surface area contributed by atoms with Gasteiger partial charge in [-0.1, -0.05) is 6.08 Å². The summed E-state index contributed by atoms with van der Waals surface area (Å²) in [4.78, 5) is 14.0. The van der Waals surface area contributed by atoms with Crippen LogP contribution in [-0.2, 0) is 11.8 Å². The summed E-state index contributed by atoms with van der Waals surface area (Å²) in [5, 5.41) is 0. The first kappa shape index (κ1) is 7.72. The van der Waals surface area contributed by atoms with Crippen LogP contribution in [-0.4, -0.2) is 15.8 Å². The SMILES string of the molecule is Cn1cnc(C=CCC=O)c1. The molecule has 0 saturated carbocycles. The Kier molecular flexibility index (Phi) is 2.60. The zero-order valence-electron chi connectivity index (χ0n) is 6.40. The van der Waals surface area contributed by atoms with Gasteiger partial charge in [0.1, 0.15) is 6.29 Å². The average Bonchev–Trinajstić information content (AvgIpc) is 2.37. The van der Waals surface area contributed by atoms with Crippen LogP contribution in [0.1, 0.15) is 12.1 Å². The summed E-state index contributed by atoms with van der Waals surface area (Å²) in [5.74, 6) is 0. The van der Waals surface area contributed by atoms with Crippen molar-refractivity contribution in [1.29, 1.82) is 0 Å². The lowest BCUT2D eigenvalue weighted by Gasteiger charge is -1.81. The molecule has 0 fully saturated rings. The van der Waals surface area contributed by atoms with Crippen molar-refractivity contribution in [3.8, 4) is 0 Å². The molecule has 0 aliphatic rings. The predicted octanol–water partition coefficient (Wildman–Crippen LogP) is 1.02. The first-order valence-corrected chi connectivity index (χ1v) is 3.41. The molecule has 0 N–H and O–H groups in total. The van der Waals surface area contributed by atoms with Gasteiger partial charge in [0, 0.05) is 19.7 Å². The van der Waals surface area contributed by atoms with Crippen molar-refractivity contribution in [2.75, 3.05) is 0 Å². The third-order valence-electron chi connectivity index (χ3n) is 1.25. The molecule has 1 rings (SSSR count). The van der Waals surface area contributed by atoms with Crippen molar-refractivity contribution >= 4 is 12.4 Å². The fraction of sp³-hybridized carbons (Fsp3) is 0.250. The highest BCUT2D eigenvalue weighted by Crippen LogP contribution is 1.96. The van der Waals surface area contributed by atoms with E-state index in [4.69, 9.17) is 0 Å². The Morgan fingerprint density at radius 1 is 1.73 bits per heavy atom. The number of aromatic nitrogens is 2. The third-order valence-corrected chi connectivity index (χ3v) is 1.25. The van der Waals surface area contributed by atoms with Crippen LogP contribution in [0.25, 0.3) is 6.08 Å². The maximum atomic E-state index is 9.92. The zero-order valence-corrected chi connectivity index (χ0v) is 6.40. The quantitative estimate of drug-likeness (QED) is 0.603. The first-order valence-electron chi connectivity index (χ1n) is 3.41. The Labute approximate surface area is 65.4 Å². The zero-order chi connectivity index (χ0) is 8.10. The van der Waals surface area contributed by atoms with E-state index in [1.807, 2.05) is 23.9 Å². The van der Waals surface area contributed by atoms with E-state index >= 15 is 0 Å². The number of hydrogen-bond donors (Lipinski definition) is 0. The minimum absolute atomic E-state index is 0.455. The van der Waals surface area contributed by atoms with Gasteiger partial charge >= 0.3 is 0 Å². The number of aldehydes is 1. The van der Waals surface area contributed by atoms with Crippen LogP contribution in [0, 0.1) is 0 Å². The van der Waals surface area contributed by atoms with E-state index in [0.29, 0.717) is 6.42 Å². The molecule has 0 radical (unpaired) electrons. The fourth-order valence-corrected chi connectivity index (χ4v) is 0.763. The second kappa shape index (κ2) is 3.71. The molecule has 0 atom stereocenters. The number of aryl methyl sites for hydroxylation is 1. The molecule has 0 aliphatic carbocycles. The molecule has 1 aromatic heterocycles. The highest BCUT2D eigenvalue weighted by Gasteiger charge is 1.87. The second-order valence-corrected chi connectivity index (χ2v) is 2.27. The molecule has 58 valence electrons. The normalized spacial score (nSPS) is 10.6. The lowest BCUT2D eigenvalue weighted by atomic mass is 10.3. The van der Waals surface area contributed by atoms with E-state index in [1.165, 1.54) is 0 Å². The van der Waals surface area contributed by atoms with E-state index in [1.54, 1.807) is 12.4 Å². The van der Waals surface area contributed by atoms with Crippen LogP contribution >= 0.6 is 0 Å². The molecular weight excluding hydrogens is 140 g/mol. The van der Waals surface area contributed by atoms with Gasteiger partial charge in [-0.25, -0.2) is 4.98 Å². The molecule has 1 aromatic rings. The summed E-state index contributed by atoms with van der Waals surface area (Å²) < 4.78 is 1.86. The number of carbonyl (C=O) groups is 1. The van der Waals surface area contributed by atoms with Crippen molar-refractivity contribution in [2.24, 2.45) is 7.05 Å². The van der Waals surface area contributed by atoms with E-state index in [-0.39, 0.29) is 0 Å². The monoisotopic (exact) mass is 150 g/mol. The molecular formula is C8H10N2O. The summed E-state index contributed by atoms with van der Waals surface area (Å²) in [7, 11) is 1.91. The van der Waals surface area contributed by atoms with E-state index < -0.39 is 0 Å². The van der Waals surface area contributed by atoms with Gasteiger partial charge in [0.05, 0.1) is 12.0 Å². The maximum Gasteiger partial charge on any atom is 0.123 e. The van der Waals surface area contributed by atoms with Crippen LogP contribution < -0.4 is 0 Å². The van der Waals surface area contributed by atoms with Gasteiger partial charge in [0.2, 0.25) is 0 Å². The van der Waals surface area contributed by atoms with Crippen LogP contribution in [0.15, 0.2) is 18.6 Å². The number of carbonyl (C=O) groups excluding carboxylic acids is 1. The minimum atomic E-state index is 0.455. The molecule has 3 heteroatoms. The van der Waals surface area contributed by atoms with Crippen molar-refractivity contribution < 1.29 is 4.79 Å². The molecule has 0 unspecified atom stereocenters. The molecule has 3 nitrogen and oxygen atoms in total. The summed E-state index contributed by atoms with van der Waals surface area (Å²) in [6, 6.07) is 0. The number of hydrogen-bond acceptors (Lipinski definition) is 2. The summed E-state index contributed by atoms with van der Waals surface area (Å²) in [5.41, 5.74) is 0.884. The Hall–Kier alpha value is -1.38. The summed E-state index contributed by atoms with van der Waals surface area (Å²) >= 11 is 0. The van der Waals surface area contributed by atoms with Gasteiger partial charge in [0.25, 0.3) is 0 Å². The van der Waals surface area contributed by atoms with Gasteiger partial charge in [-0.05, 0) is 6.08 Å². The predicted molar refractivity (Wildman–Crippen MR) is 42.9 cm³/mol. The van der Waals surface area contributed by atoms with Crippen LogP contribution in [0.4, 0.5) is 0 Å². The standard InChI is InChI=1S/C8H10N2O/c1-10-6-8(9-7-10)4-2-3-5-11/h2,4-7H,3H2,1H3. The number of imidazole rings is 1. The number of nitrogens with zero attached hydrogens (tertiary/aromatic N) is 2. The lowest BCUT2D eigenvalue weighted by molar-refractivity contribution is -0.107. The van der Waals surface area contributed by atoms with Crippen molar-refractivity contribution in [1.82, 2.24) is 9.55 Å². The topological polar surface area (TPSA) is 34.9 Å². The molecule has 0 spiro atoms. The Morgan fingerprint density at radius 3 is 3.09 bits per heavy atom. The molecule has 0 aromatic carbocycles. The van der Waals surface area contributed by atoms with Crippen LogP contribution in [0.3, 0.4) is 0 Å². The van der Waals surface area contributed by atoms with E-state index in [0.717, 1.165) is 12.0 Å². The highest BCUT2D eigenvalue weighted by atomic mass is 16.1.